The van der Waals surface area contributed by atoms with Gasteiger partial charge in [0, 0.05) is 6.54 Å². The molecule has 2 aromatic heterocycles. The topological polar surface area (TPSA) is 104 Å². The molecule has 0 radical (unpaired) electrons. The minimum atomic E-state index is -0.864. The highest BCUT2D eigenvalue weighted by Gasteiger charge is 2.27. The molecule has 0 aromatic carbocycles. The van der Waals surface area contributed by atoms with Crippen molar-refractivity contribution in [3.8, 4) is 0 Å². The number of carboxylic acid groups (broad SMARTS) is 1. The van der Waals surface area contributed by atoms with Gasteiger partial charge in [-0.1, -0.05) is 0 Å². The molecular weight excluding hydrogens is 222 g/mol. The van der Waals surface area contributed by atoms with Crippen molar-refractivity contribution in [3.63, 3.8) is 0 Å². The third kappa shape index (κ3) is 2.17. The average Bonchev–Trinajstić information content (AvgIpc) is 2.74. The highest BCUT2D eigenvalue weighted by Crippen LogP contribution is 2.19. The van der Waals surface area contributed by atoms with E-state index in [1.54, 1.807) is 13.8 Å². The molecule has 0 fully saturated rings. The van der Waals surface area contributed by atoms with E-state index in [0.29, 0.717) is 17.0 Å². The van der Waals surface area contributed by atoms with Crippen LogP contribution in [-0.4, -0.2) is 37.6 Å². The maximum Gasteiger partial charge on any atom is 0.310 e. The number of anilines is 1. The number of H-pyrrole nitrogens is 1. The molecule has 2 aromatic rings. The Labute approximate surface area is 97.3 Å². The lowest BCUT2D eigenvalue weighted by molar-refractivity contribution is -0.146. The normalized spacial score (nSPS) is 11.6. The van der Waals surface area contributed by atoms with Gasteiger partial charge in [0.15, 0.2) is 11.5 Å². The molecule has 0 aliphatic rings. The number of fused-ring (bicyclic) bond motifs is 1. The first-order valence-electron chi connectivity index (χ1n) is 5.12. The molecule has 0 aliphatic carbocycles. The van der Waals surface area contributed by atoms with Crippen LogP contribution in [0.3, 0.4) is 0 Å². The fourth-order valence-corrected chi connectivity index (χ4v) is 1.28. The highest BCUT2D eigenvalue weighted by atomic mass is 16.4. The summed E-state index contributed by atoms with van der Waals surface area (Å²) in [6.07, 6.45) is 2.91. The number of rotatable bonds is 4. The molecule has 0 saturated heterocycles. The van der Waals surface area contributed by atoms with E-state index in [1.165, 1.54) is 12.7 Å². The van der Waals surface area contributed by atoms with Gasteiger partial charge in [0.05, 0.1) is 11.7 Å². The molecule has 7 heteroatoms. The Balaban J connectivity index is 2.19. The number of aromatic amines is 1. The number of imidazole rings is 1. The second-order valence-electron chi connectivity index (χ2n) is 4.37. The molecular formula is C10H13N5O2. The second kappa shape index (κ2) is 4.00. The quantitative estimate of drug-likeness (QED) is 0.726. The van der Waals surface area contributed by atoms with Crippen molar-refractivity contribution >= 4 is 23.0 Å². The van der Waals surface area contributed by atoms with Gasteiger partial charge in [0.25, 0.3) is 0 Å². The third-order valence-electron chi connectivity index (χ3n) is 2.50. The van der Waals surface area contributed by atoms with Gasteiger partial charge >= 0.3 is 5.97 Å². The SMILES string of the molecule is CC(C)(CNc1ncnc2nc[nH]c12)C(=O)O. The number of carbonyl (C=O) groups is 1. The van der Waals surface area contributed by atoms with Crippen LogP contribution >= 0.6 is 0 Å². The van der Waals surface area contributed by atoms with E-state index < -0.39 is 11.4 Å². The van der Waals surface area contributed by atoms with Crippen LogP contribution in [0.1, 0.15) is 13.8 Å². The van der Waals surface area contributed by atoms with Gasteiger partial charge in [-0.05, 0) is 13.8 Å². The third-order valence-corrected chi connectivity index (χ3v) is 2.50. The van der Waals surface area contributed by atoms with E-state index >= 15 is 0 Å². The Morgan fingerprint density at radius 3 is 2.94 bits per heavy atom. The van der Waals surface area contributed by atoms with Crippen LogP contribution < -0.4 is 5.32 Å². The van der Waals surface area contributed by atoms with Crippen molar-refractivity contribution < 1.29 is 9.90 Å². The van der Waals surface area contributed by atoms with Gasteiger partial charge < -0.3 is 15.4 Å². The molecule has 0 unspecified atom stereocenters. The van der Waals surface area contributed by atoms with E-state index in [1.807, 2.05) is 0 Å². The van der Waals surface area contributed by atoms with Crippen LogP contribution in [-0.2, 0) is 4.79 Å². The molecule has 0 spiro atoms. The number of hydrogen-bond acceptors (Lipinski definition) is 5. The van der Waals surface area contributed by atoms with Crippen molar-refractivity contribution in [1.29, 1.82) is 0 Å². The molecule has 90 valence electrons. The summed E-state index contributed by atoms with van der Waals surface area (Å²) in [5, 5.41) is 12.0. The molecule has 7 nitrogen and oxygen atoms in total. The first-order valence-corrected chi connectivity index (χ1v) is 5.12. The van der Waals surface area contributed by atoms with Gasteiger partial charge in [-0.3, -0.25) is 4.79 Å². The molecule has 3 N–H and O–H groups in total. The van der Waals surface area contributed by atoms with Crippen LogP contribution in [0.15, 0.2) is 12.7 Å². The van der Waals surface area contributed by atoms with E-state index in [2.05, 4.69) is 25.3 Å². The van der Waals surface area contributed by atoms with Crippen molar-refractivity contribution in [2.45, 2.75) is 13.8 Å². The summed E-state index contributed by atoms with van der Waals surface area (Å²) >= 11 is 0. The van der Waals surface area contributed by atoms with Gasteiger partial charge in [-0.25, -0.2) is 15.0 Å². The van der Waals surface area contributed by atoms with Crippen LogP contribution in [0.25, 0.3) is 11.2 Å². The Morgan fingerprint density at radius 1 is 1.47 bits per heavy atom. The highest BCUT2D eigenvalue weighted by molar-refractivity contribution is 5.82. The summed E-state index contributed by atoms with van der Waals surface area (Å²) in [4.78, 5) is 25.9. The summed E-state index contributed by atoms with van der Waals surface area (Å²) in [5.41, 5.74) is 0.362. The minimum Gasteiger partial charge on any atom is -0.481 e. The van der Waals surface area contributed by atoms with Gasteiger partial charge in [-0.2, -0.15) is 0 Å². The smallest absolute Gasteiger partial charge is 0.310 e. The number of aliphatic carboxylic acids is 1. The minimum absolute atomic E-state index is 0.271. The molecule has 0 bridgehead atoms. The molecule has 17 heavy (non-hydrogen) atoms. The van der Waals surface area contributed by atoms with E-state index in [4.69, 9.17) is 5.11 Å². The van der Waals surface area contributed by atoms with Crippen LogP contribution in [0.4, 0.5) is 5.82 Å². The fourth-order valence-electron chi connectivity index (χ4n) is 1.28. The lowest BCUT2D eigenvalue weighted by atomic mass is 9.94. The molecule has 0 saturated carbocycles. The zero-order valence-corrected chi connectivity index (χ0v) is 9.56. The summed E-state index contributed by atoms with van der Waals surface area (Å²) < 4.78 is 0. The zero-order valence-electron chi connectivity index (χ0n) is 9.56. The molecule has 0 amide bonds. The van der Waals surface area contributed by atoms with Gasteiger partial charge in [-0.15, -0.1) is 0 Å². The second-order valence-corrected chi connectivity index (χ2v) is 4.37. The Morgan fingerprint density at radius 2 is 2.24 bits per heavy atom. The number of aromatic nitrogens is 4. The molecule has 0 aliphatic heterocycles. The Kier molecular flexibility index (Phi) is 2.66. The summed E-state index contributed by atoms with van der Waals surface area (Å²) in [6.45, 7) is 3.56. The fraction of sp³-hybridized carbons (Fsp3) is 0.400. The van der Waals surface area contributed by atoms with E-state index in [-0.39, 0.29) is 6.54 Å². The predicted octanol–water partition coefficient (Wildman–Crippen LogP) is 0.876. The summed E-state index contributed by atoms with van der Waals surface area (Å²) in [5.74, 6) is -0.304. The predicted molar refractivity (Wildman–Crippen MR) is 61.6 cm³/mol. The maximum atomic E-state index is 11.0. The molecule has 2 rings (SSSR count). The van der Waals surface area contributed by atoms with Gasteiger partial charge in [0.2, 0.25) is 0 Å². The van der Waals surface area contributed by atoms with Crippen molar-refractivity contribution in [1.82, 2.24) is 19.9 Å². The molecule has 2 heterocycles. The van der Waals surface area contributed by atoms with Gasteiger partial charge in [0.1, 0.15) is 11.8 Å². The first kappa shape index (κ1) is 11.3. The van der Waals surface area contributed by atoms with Crippen LogP contribution in [0.2, 0.25) is 0 Å². The van der Waals surface area contributed by atoms with Crippen molar-refractivity contribution in [2.75, 3.05) is 11.9 Å². The Bertz CT molecular complexity index is 548. The Hall–Kier alpha value is -2.18. The van der Waals surface area contributed by atoms with Crippen molar-refractivity contribution in [3.05, 3.63) is 12.7 Å². The first-order chi connectivity index (χ1) is 8.00. The van der Waals surface area contributed by atoms with E-state index in [0.717, 1.165) is 0 Å². The van der Waals surface area contributed by atoms with Crippen LogP contribution in [0, 0.1) is 5.41 Å². The largest absolute Gasteiger partial charge is 0.481 e. The number of nitrogens with zero attached hydrogens (tertiary/aromatic N) is 3. The lowest BCUT2D eigenvalue weighted by Gasteiger charge is -2.19. The number of nitrogens with one attached hydrogen (secondary N) is 2. The average molecular weight is 235 g/mol. The number of hydrogen-bond donors (Lipinski definition) is 3. The monoisotopic (exact) mass is 235 g/mol. The lowest BCUT2D eigenvalue weighted by Crippen LogP contribution is -2.32. The zero-order chi connectivity index (χ0) is 12.5. The van der Waals surface area contributed by atoms with Crippen molar-refractivity contribution in [2.24, 2.45) is 5.41 Å². The van der Waals surface area contributed by atoms with Crippen LogP contribution in [0.5, 0.6) is 0 Å². The number of carboxylic acids is 1. The maximum absolute atomic E-state index is 11.0. The van der Waals surface area contributed by atoms with E-state index in [9.17, 15) is 4.79 Å². The summed E-state index contributed by atoms with van der Waals surface area (Å²) in [7, 11) is 0. The standard InChI is InChI=1S/C10H13N5O2/c1-10(2,9(16)17)3-11-7-6-8(13-4-12-6)15-5-14-7/h4-5H,3H2,1-2H3,(H,16,17)(H2,11,12,13,14,15). The summed E-state index contributed by atoms with van der Waals surface area (Å²) in [6, 6.07) is 0. The molecule has 0 atom stereocenters.